The molecule has 4 nitrogen and oxygen atoms in total. The molecule has 0 radical (unpaired) electrons. The number of rotatable bonds is 2. The van der Waals surface area contributed by atoms with Gasteiger partial charge >= 0.3 is 0 Å². The van der Waals surface area contributed by atoms with E-state index in [2.05, 4.69) is 10.3 Å². The third-order valence-corrected chi connectivity index (χ3v) is 2.53. The van der Waals surface area contributed by atoms with Crippen LogP contribution >= 0.6 is 0 Å². The molecule has 2 rings (SSSR count). The number of benzene rings is 1. The predicted molar refractivity (Wildman–Crippen MR) is 68.1 cm³/mol. The number of anilines is 2. The molecule has 5 heteroatoms. The molecular formula is C14H9FN4. The molecule has 1 heterocycles. The highest BCUT2D eigenvalue weighted by Crippen LogP contribution is 2.23. The van der Waals surface area contributed by atoms with Gasteiger partial charge in [-0.05, 0) is 31.2 Å². The van der Waals surface area contributed by atoms with Gasteiger partial charge in [0.2, 0.25) is 0 Å². The number of hydrogen-bond donors (Lipinski definition) is 1. The van der Waals surface area contributed by atoms with Gasteiger partial charge in [0.15, 0.2) is 0 Å². The van der Waals surface area contributed by atoms with E-state index in [1.807, 2.05) is 6.07 Å². The number of halogens is 1. The standard InChI is InChI=1S/C14H9FN4/c1-9-5-6-10(7-16)14(18-9)19-13-4-2-3-12(15)11(13)8-17/h2-6H,1H3,(H,18,19). The van der Waals surface area contributed by atoms with Crippen molar-refractivity contribution >= 4 is 11.5 Å². The zero-order valence-electron chi connectivity index (χ0n) is 10.1. The molecule has 0 aliphatic rings. The van der Waals surface area contributed by atoms with Crippen molar-refractivity contribution in [1.82, 2.24) is 4.98 Å². The van der Waals surface area contributed by atoms with Crippen molar-refractivity contribution in [2.45, 2.75) is 6.92 Å². The first-order chi connectivity index (χ1) is 9.15. The van der Waals surface area contributed by atoms with Crippen LogP contribution in [0.25, 0.3) is 0 Å². The van der Waals surface area contributed by atoms with E-state index in [0.29, 0.717) is 11.4 Å². The van der Waals surface area contributed by atoms with Crippen molar-refractivity contribution in [3.8, 4) is 12.1 Å². The summed E-state index contributed by atoms with van der Waals surface area (Å²) in [6.07, 6.45) is 0. The van der Waals surface area contributed by atoms with E-state index in [0.717, 1.165) is 5.69 Å². The quantitative estimate of drug-likeness (QED) is 0.891. The molecule has 0 bridgehead atoms. The summed E-state index contributed by atoms with van der Waals surface area (Å²) < 4.78 is 13.5. The molecule has 1 N–H and O–H groups in total. The van der Waals surface area contributed by atoms with Gasteiger partial charge in [-0.2, -0.15) is 10.5 Å². The highest BCUT2D eigenvalue weighted by atomic mass is 19.1. The highest BCUT2D eigenvalue weighted by molar-refractivity contribution is 5.68. The van der Waals surface area contributed by atoms with Gasteiger partial charge in [0.05, 0.1) is 11.3 Å². The van der Waals surface area contributed by atoms with E-state index in [1.54, 1.807) is 31.2 Å². The lowest BCUT2D eigenvalue weighted by Gasteiger charge is -2.09. The van der Waals surface area contributed by atoms with Crippen LogP contribution < -0.4 is 5.32 Å². The SMILES string of the molecule is Cc1ccc(C#N)c(Nc2cccc(F)c2C#N)n1. The van der Waals surface area contributed by atoms with E-state index >= 15 is 0 Å². The lowest BCUT2D eigenvalue weighted by atomic mass is 10.1. The summed E-state index contributed by atoms with van der Waals surface area (Å²) in [4.78, 5) is 4.18. The second kappa shape index (κ2) is 5.16. The largest absolute Gasteiger partial charge is 0.338 e. The van der Waals surface area contributed by atoms with E-state index < -0.39 is 5.82 Å². The highest BCUT2D eigenvalue weighted by Gasteiger charge is 2.10. The van der Waals surface area contributed by atoms with Gasteiger partial charge in [-0.1, -0.05) is 6.07 Å². The van der Waals surface area contributed by atoms with Crippen LogP contribution in [0.3, 0.4) is 0 Å². The van der Waals surface area contributed by atoms with Gasteiger partial charge < -0.3 is 5.32 Å². The Morgan fingerprint density at radius 1 is 1.16 bits per heavy atom. The summed E-state index contributed by atoms with van der Waals surface area (Å²) >= 11 is 0. The fourth-order valence-electron chi connectivity index (χ4n) is 1.61. The first-order valence-electron chi connectivity index (χ1n) is 5.49. The van der Waals surface area contributed by atoms with Crippen LogP contribution in [0.15, 0.2) is 30.3 Å². The minimum absolute atomic E-state index is 0.102. The number of nitriles is 2. The van der Waals surface area contributed by atoms with Crippen molar-refractivity contribution in [2.24, 2.45) is 0 Å². The van der Waals surface area contributed by atoms with Crippen molar-refractivity contribution < 1.29 is 4.39 Å². The second-order valence-electron chi connectivity index (χ2n) is 3.86. The molecular weight excluding hydrogens is 243 g/mol. The third-order valence-electron chi connectivity index (χ3n) is 2.53. The van der Waals surface area contributed by atoms with E-state index in [9.17, 15) is 4.39 Å². The average Bonchev–Trinajstić information content (AvgIpc) is 2.39. The molecule has 1 aromatic carbocycles. The van der Waals surface area contributed by atoms with Crippen LogP contribution in [0.2, 0.25) is 0 Å². The van der Waals surface area contributed by atoms with Gasteiger partial charge in [0.25, 0.3) is 0 Å². The molecule has 0 saturated heterocycles. The normalized spacial score (nSPS) is 9.47. The Balaban J connectivity index is 2.49. The Morgan fingerprint density at radius 3 is 2.63 bits per heavy atom. The molecule has 92 valence electrons. The molecule has 0 atom stereocenters. The summed E-state index contributed by atoms with van der Waals surface area (Å²) in [5.41, 5.74) is 1.24. The molecule has 0 amide bonds. The fraction of sp³-hybridized carbons (Fsp3) is 0.0714. The minimum atomic E-state index is -0.612. The maximum Gasteiger partial charge on any atom is 0.148 e. The van der Waals surface area contributed by atoms with Crippen molar-refractivity contribution in [1.29, 1.82) is 10.5 Å². The van der Waals surface area contributed by atoms with Gasteiger partial charge in [0, 0.05) is 5.69 Å². The Bertz CT molecular complexity index is 710. The van der Waals surface area contributed by atoms with E-state index in [1.165, 1.54) is 12.1 Å². The Hall–Kier alpha value is -2.92. The van der Waals surface area contributed by atoms with Crippen molar-refractivity contribution in [2.75, 3.05) is 5.32 Å². The Labute approximate surface area is 109 Å². The minimum Gasteiger partial charge on any atom is -0.338 e. The molecule has 0 fully saturated rings. The number of pyridine rings is 1. The number of aryl methyl sites for hydroxylation is 1. The van der Waals surface area contributed by atoms with Crippen molar-refractivity contribution in [3.05, 3.63) is 53.0 Å². The monoisotopic (exact) mass is 252 g/mol. The Kier molecular flexibility index (Phi) is 3.40. The number of aromatic nitrogens is 1. The second-order valence-corrected chi connectivity index (χ2v) is 3.86. The topological polar surface area (TPSA) is 72.5 Å². The van der Waals surface area contributed by atoms with Crippen LogP contribution in [0, 0.1) is 35.4 Å². The maximum absolute atomic E-state index is 13.5. The summed E-state index contributed by atoms with van der Waals surface area (Å²) in [6.45, 7) is 1.78. The third kappa shape index (κ3) is 2.51. The summed E-state index contributed by atoms with van der Waals surface area (Å²) in [7, 11) is 0. The molecule has 2 aromatic rings. The van der Waals surface area contributed by atoms with Crippen LogP contribution in [-0.2, 0) is 0 Å². The molecule has 0 spiro atoms. The summed E-state index contributed by atoms with van der Waals surface area (Å²) in [6, 6.07) is 11.4. The van der Waals surface area contributed by atoms with Gasteiger partial charge in [0.1, 0.15) is 29.3 Å². The van der Waals surface area contributed by atoms with Gasteiger partial charge in [-0.3, -0.25) is 0 Å². The number of nitrogens with zero attached hydrogens (tertiary/aromatic N) is 3. The molecule has 1 aromatic heterocycles. The number of hydrogen-bond acceptors (Lipinski definition) is 4. The van der Waals surface area contributed by atoms with Crippen LogP contribution in [-0.4, -0.2) is 4.98 Å². The average molecular weight is 252 g/mol. The van der Waals surface area contributed by atoms with Crippen LogP contribution in [0.5, 0.6) is 0 Å². The fourth-order valence-corrected chi connectivity index (χ4v) is 1.61. The molecule has 0 saturated carbocycles. The van der Waals surface area contributed by atoms with E-state index in [4.69, 9.17) is 10.5 Å². The van der Waals surface area contributed by atoms with Crippen molar-refractivity contribution in [3.63, 3.8) is 0 Å². The lowest BCUT2D eigenvalue weighted by molar-refractivity contribution is 0.624. The summed E-state index contributed by atoms with van der Waals surface area (Å²) in [5.74, 6) is -0.303. The van der Waals surface area contributed by atoms with E-state index in [-0.39, 0.29) is 11.3 Å². The summed E-state index contributed by atoms with van der Waals surface area (Å²) in [5, 5.41) is 20.8. The zero-order valence-corrected chi connectivity index (χ0v) is 10.1. The van der Waals surface area contributed by atoms with Gasteiger partial charge in [-0.25, -0.2) is 9.37 Å². The Morgan fingerprint density at radius 2 is 1.95 bits per heavy atom. The molecule has 19 heavy (non-hydrogen) atoms. The molecule has 0 aliphatic heterocycles. The molecule has 0 aliphatic carbocycles. The first-order valence-corrected chi connectivity index (χ1v) is 5.49. The first kappa shape index (κ1) is 12.5. The smallest absolute Gasteiger partial charge is 0.148 e. The maximum atomic E-state index is 13.5. The number of nitrogens with one attached hydrogen (secondary N) is 1. The lowest BCUT2D eigenvalue weighted by Crippen LogP contribution is -2.01. The van der Waals surface area contributed by atoms with Gasteiger partial charge in [-0.15, -0.1) is 0 Å². The van der Waals surface area contributed by atoms with Crippen LogP contribution in [0.4, 0.5) is 15.9 Å². The van der Waals surface area contributed by atoms with Crippen LogP contribution in [0.1, 0.15) is 16.8 Å². The predicted octanol–water partition coefficient (Wildman–Crippen LogP) is 3.02. The molecule has 0 unspecified atom stereocenters. The zero-order chi connectivity index (χ0) is 13.8.